The minimum absolute atomic E-state index is 1.83. The van der Waals surface area contributed by atoms with Gasteiger partial charge in [-0.15, -0.1) is 0 Å². The molecule has 3 nitrogen and oxygen atoms in total. The van der Waals surface area contributed by atoms with Crippen molar-refractivity contribution in [2.24, 2.45) is 5.73 Å². The number of carbonyl (C=O) groups excluding carboxylic acids is 1. The third kappa shape index (κ3) is 4.89. The first-order chi connectivity index (χ1) is 14.5. The number of nitrogens with two attached hydrogens (primary N) is 1. The van der Waals surface area contributed by atoms with Crippen molar-refractivity contribution in [1.29, 1.82) is 0 Å². The summed E-state index contributed by atoms with van der Waals surface area (Å²) in [5, 5.41) is -3.44. The Morgan fingerprint density at radius 2 is 1.12 bits per heavy atom. The molecule has 0 aliphatic carbocycles. The molecule has 198 valence electrons. The Kier molecular flexibility index (Phi) is 9.32. The lowest BCUT2D eigenvalue weighted by atomic mass is 9.79. The van der Waals surface area contributed by atoms with Gasteiger partial charge in [0.25, 0.3) is 6.43 Å². The van der Waals surface area contributed by atoms with Gasteiger partial charge in [-0.3, -0.25) is 4.79 Å². The summed E-state index contributed by atoms with van der Waals surface area (Å²) in [5.41, 5.74) is -1.79. The van der Waals surface area contributed by atoms with E-state index in [0.717, 1.165) is 0 Å². The fourth-order valence-corrected chi connectivity index (χ4v) is 2.30. The van der Waals surface area contributed by atoms with E-state index in [2.05, 4.69) is 5.73 Å². The quantitative estimate of drug-likeness (QED) is 0.289. The molecule has 0 aliphatic rings. The van der Waals surface area contributed by atoms with Crippen molar-refractivity contribution in [3.63, 3.8) is 0 Å². The van der Waals surface area contributed by atoms with Gasteiger partial charge in [-0.1, -0.05) is 8.96 Å². The van der Waals surface area contributed by atoms with Crippen LogP contribution in [0.5, 0.6) is 0 Å². The molecule has 20 heteroatoms. The zero-order valence-electron chi connectivity index (χ0n) is 15.2. The lowest BCUT2D eigenvalue weighted by Gasteiger charge is -2.43. The molecule has 0 aromatic heterocycles. The molecule has 33 heavy (non-hydrogen) atoms. The number of carbonyl (C=O) groups is 1. The standard InChI is InChI=1S/C13H11F17N2O/c14-3(5(16)7(18)19)4(15)6(17)9(20,1-2-31)11(23,24)13(27,28)12(25,26)10(21,22)8(33)32(29)30/h3-7H,1-2,31H2. The Hall–Kier alpha value is -1.76. The van der Waals surface area contributed by atoms with Crippen molar-refractivity contribution >= 4 is 5.91 Å². The second-order valence-electron chi connectivity index (χ2n) is 6.31. The Balaban J connectivity index is 6.66. The predicted molar refractivity (Wildman–Crippen MR) is 71.9 cm³/mol. The highest BCUT2D eigenvalue weighted by Gasteiger charge is 2.88. The minimum Gasteiger partial charge on any atom is -0.330 e. The van der Waals surface area contributed by atoms with E-state index >= 15 is 0 Å². The van der Waals surface area contributed by atoms with Crippen molar-refractivity contribution in [2.45, 2.75) is 66.9 Å². The van der Waals surface area contributed by atoms with Crippen molar-refractivity contribution in [1.82, 2.24) is 5.34 Å². The van der Waals surface area contributed by atoms with Gasteiger partial charge >= 0.3 is 29.6 Å². The molecule has 0 aromatic carbocycles. The summed E-state index contributed by atoms with van der Waals surface area (Å²) in [6.07, 6.45) is -26.3. The molecule has 0 aromatic rings. The molecular weight excluding hydrogens is 523 g/mol. The molecule has 5 atom stereocenters. The number of amides is 1. The predicted octanol–water partition coefficient (Wildman–Crippen LogP) is 4.80. The van der Waals surface area contributed by atoms with Gasteiger partial charge in [-0.25, -0.2) is 30.7 Å². The Morgan fingerprint density at radius 1 is 0.697 bits per heavy atom. The lowest BCUT2D eigenvalue weighted by Crippen LogP contribution is -2.73. The van der Waals surface area contributed by atoms with Gasteiger partial charge < -0.3 is 5.73 Å². The van der Waals surface area contributed by atoms with Crippen molar-refractivity contribution in [3.8, 4) is 0 Å². The zero-order chi connectivity index (χ0) is 27.0. The van der Waals surface area contributed by atoms with E-state index in [1.165, 1.54) is 0 Å². The third-order valence-corrected chi connectivity index (χ3v) is 4.20. The van der Waals surface area contributed by atoms with Crippen LogP contribution < -0.4 is 5.73 Å². The molecule has 5 unspecified atom stereocenters. The largest absolute Gasteiger partial charge is 0.398 e. The molecule has 0 bridgehead atoms. The van der Waals surface area contributed by atoms with E-state index in [4.69, 9.17) is 0 Å². The van der Waals surface area contributed by atoms with Crippen LogP contribution in [0, 0.1) is 0 Å². The number of alkyl halides is 15. The lowest BCUT2D eigenvalue weighted by molar-refractivity contribution is -0.389. The molecule has 0 saturated heterocycles. The Bertz CT molecular complexity index is 673. The Labute approximate surface area is 171 Å². The van der Waals surface area contributed by atoms with Gasteiger partial charge in [0, 0.05) is 11.8 Å². The maximum atomic E-state index is 14.6. The SMILES string of the molecule is NCCC(F)(C(F)C(F)C(F)C(F)C(F)F)C(F)(F)C(F)(F)C(F)(F)C(F)(F)C(=O)N(F)F. The summed E-state index contributed by atoms with van der Waals surface area (Å²) in [4.78, 5) is 10.4. The summed E-state index contributed by atoms with van der Waals surface area (Å²) >= 11 is 0. The third-order valence-electron chi connectivity index (χ3n) is 4.20. The van der Waals surface area contributed by atoms with E-state index in [1.807, 2.05) is 0 Å². The first-order valence-corrected chi connectivity index (χ1v) is 7.91. The number of hydrogen-bond acceptors (Lipinski definition) is 2. The molecule has 0 spiro atoms. The Morgan fingerprint density at radius 3 is 1.45 bits per heavy atom. The number of rotatable bonds is 12. The van der Waals surface area contributed by atoms with E-state index in [1.54, 1.807) is 0 Å². The van der Waals surface area contributed by atoms with Gasteiger partial charge in [0.15, 0.2) is 24.7 Å². The van der Waals surface area contributed by atoms with E-state index in [9.17, 15) is 79.6 Å². The molecule has 0 radical (unpaired) electrons. The molecule has 2 N–H and O–H groups in total. The van der Waals surface area contributed by atoms with Gasteiger partial charge in [-0.2, -0.15) is 35.1 Å². The highest BCUT2D eigenvalue weighted by atomic mass is 19.4. The maximum absolute atomic E-state index is 14.6. The average Bonchev–Trinajstić information content (AvgIpc) is 2.69. The van der Waals surface area contributed by atoms with Gasteiger partial charge in [0.05, 0.1) is 0 Å². The second kappa shape index (κ2) is 9.85. The summed E-state index contributed by atoms with van der Waals surface area (Å²) in [6.45, 7) is -1.83. The summed E-state index contributed by atoms with van der Waals surface area (Å²) in [5.74, 6) is -35.6. The first kappa shape index (κ1) is 31.2. The van der Waals surface area contributed by atoms with Crippen LogP contribution in [0.15, 0.2) is 0 Å². The molecule has 0 heterocycles. The highest BCUT2D eigenvalue weighted by Crippen LogP contribution is 2.59. The molecule has 0 aliphatic heterocycles. The molecule has 0 rings (SSSR count). The van der Waals surface area contributed by atoms with Gasteiger partial charge in [0.1, 0.15) is 0 Å². The summed E-state index contributed by atoms with van der Waals surface area (Å²) < 4.78 is 225. The van der Waals surface area contributed by atoms with Crippen LogP contribution in [-0.2, 0) is 4.79 Å². The van der Waals surface area contributed by atoms with Crippen LogP contribution in [0.1, 0.15) is 6.42 Å². The normalized spacial score (nSPS) is 19.6. The fourth-order valence-electron chi connectivity index (χ4n) is 2.30. The van der Waals surface area contributed by atoms with Crippen LogP contribution in [0.3, 0.4) is 0 Å². The molecule has 1 amide bonds. The van der Waals surface area contributed by atoms with Crippen molar-refractivity contribution in [3.05, 3.63) is 0 Å². The van der Waals surface area contributed by atoms with Crippen LogP contribution in [0.2, 0.25) is 0 Å². The maximum Gasteiger partial charge on any atom is 0.398 e. The van der Waals surface area contributed by atoms with Crippen LogP contribution in [0.4, 0.5) is 74.8 Å². The molecule has 0 fully saturated rings. The number of hydrogen-bond donors (Lipinski definition) is 1. The average molecular weight is 534 g/mol. The van der Waals surface area contributed by atoms with Crippen LogP contribution >= 0.6 is 0 Å². The number of nitrogens with zero attached hydrogens (tertiary/aromatic N) is 1. The van der Waals surface area contributed by atoms with E-state index < -0.39 is 84.7 Å². The van der Waals surface area contributed by atoms with E-state index in [-0.39, 0.29) is 0 Å². The molecular formula is C13H11F17N2O. The van der Waals surface area contributed by atoms with Crippen LogP contribution in [-0.4, -0.2) is 78.3 Å². The van der Waals surface area contributed by atoms with Crippen molar-refractivity contribution in [2.75, 3.05) is 6.54 Å². The minimum atomic E-state index is -8.03. The highest BCUT2D eigenvalue weighted by molar-refractivity contribution is 5.83. The number of halogens is 17. The zero-order valence-corrected chi connectivity index (χ0v) is 15.2. The van der Waals surface area contributed by atoms with E-state index in [0.29, 0.717) is 0 Å². The summed E-state index contributed by atoms with van der Waals surface area (Å²) in [7, 11) is 0. The summed E-state index contributed by atoms with van der Waals surface area (Å²) in [6, 6.07) is 0. The van der Waals surface area contributed by atoms with Crippen LogP contribution in [0.25, 0.3) is 0 Å². The smallest absolute Gasteiger partial charge is 0.330 e. The monoisotopic (exact) mass is 534 g/mol. The second-order valence-corrected chi connectivity index (χ2v) is 6.31. The fraction of sp³-hybridized carbons (Fsp3) is 0.923. The van der Waals surface area contributed by atoms with Crippen molar-refractivity contribution < 1.29 is 79.6 Å². The van der Waals surface area contributed by atoms with Gasteiger partial charge in [0.2, 0.25) is 5.67 Å². The molecule has 0 saturated carbocycles. The van der Waals surface area contributed by atoms with Gasteiger partial charge in [-0.05, 0) is 6.54 Å². The topological polar surface area (TPSA) is 46.3 Å². The first-order valence-electron chi connectivity index (χ1n) is 7.91.